The van der Waals surface area contributed by atoms with E-state index < -0.39 is 12.0 Å². The number of hydrogen-bond donors (Lipinski definition) is 2. The van der Waals surface area contributed by atoms with Gasteiger partial charge < -0.3 is 10.4 Å². The number of nitrogens with one attached hydrogen (secondary N) is 1. The van der Waals surface area contributed by atoms with Crippen LogP contribution in [-0.4, -0.2) is 23.0 Å². The standard InChI is InChI=1S/C14H19NO3S/c1-3-9-4-5-11-10(6-9)7-12(19-11)13(16)15-8(2)14(17)18/h7-9H,3-6H2,1-2H3,(H,15,16)(H,17,18). The number of aliphatic carboxylic acids is 1. The van der Waals surface area contributed by atoms with Crippen LogP contribution in [0, 0.1) is 5.92 Å². The first-order valence-electron chi connectivity index (χ1n) is 6.66. The molecule has 4 nitrogen and oxygen atoms in total. The molecule has 2 rings (SSSR count). The van der Waals surface area contributed by atoms with Crippen molar-refractivity contribution in [2.24, 2.45) is 5.92 Å². The zero-order valence-electron chi connectivity index (χ0n) is 11.2. The van der Waals surface area contributed by atoms with E-state index in [0.717, 1.165) is 18.8 Å². The minimum Gasteiger partial charge on any atom is -0.480 e. The van der Waals surface area contributed by atoms with Gasteiger partial charge in [0.05, 0.1) is 4.88 Å². The summed E-state index contributed by atoms with van der Waals surface area (Å²) in [5.74, 6) is -0.570. The van der Waals surface area contributed by atoms with Gasteiger partial charge >= 0.3 is 5.97 Å². The Morgan fingerprint density at radius 2 is 2.32 bits per heavy atom. The van der Waals surface area contributed by atoms with Gasteiger partial charge in [-0.1, -0.05) is 13.3 Å². The second kappa shape index (κ2) is 5.74. The highest BCUT2D eigenvalue weighted by Crippen LogP contribution is 2.33. The molecule has 1 aromatic heterocycles. The number of fused-ring (bicyclic) bond motifs is 1. The lowest BCUT2D eigenvalue weighted by Gasteiger charge is -2.19. The summed E-state index contributed by atoms with van der Waals surface area (Å²) in [6.07, 6.45) is 4.45. The van der Waals surface area contributed by atoms with Crippen LogP contribution in [-0.2, 0) is 17.6 Å². The molecule has 1 aromatic rings. The highest BCUT2D eigenvalue weighted by atomic mass is 32.1. The largest absolute Gasteiger partial charge is 0.480 e. The molecule has 104 valence electrons. The first-order chi connectivity index (χ1) is 9.01. The van der Waals surface area contributed by atoms with Crippen molar-refractivity contribution in [3.63, 3.8) is 0 Å². The van der Waals surface area contributed by atoms with Crippen LogP contribution in [0.15, 0.2) is 6.07 Å². The van der Waals surface area contributed by atoms with Crippen molar-refractivity contribution < 1.29 is 14.7 Å². The van der Waals surface area contributed by atoms with Gasteiger partial charge in [0.1, 0.15) is 6.04 Å². The van der Waals surface area contributed by atoms with Crippen molar-refractivity contribution in [1.82, 2.24) is 5.32 Å². The minimum absolute atomic E-state index is 0.276. The lowest BCUT2D eigenvalue weighted by atomic mass is 9.87. The van der Waals surface area contributed by atoms with Crippen LogP contribution in [0.3, 0.4) is 0 Å². The Balaban J connectivity index is 2.08. The van der Waals surface area contributed by atoms with Gasteiger partial charge in [0.2, 0.25) is 0 Å². The topological polar surface area (TPSA) is 66.4 Å². The SMILES string of the molecule is CCC1CCc2sc(C(=O)NC(C)C(=O)O)cc2C1. The highest BCUT2D eigenvalue weighted by molar-refractivity contribution is 7.14. The third-order valence-corrected chi connectivity index (χ3v) is 4.94. The maximum absolute atomic E-state index is 12.0. The van der Waals surface area contributed by atoms with Crippen LogP contribution in [0.1, 0.15) is 46.8 Å². The van der Waals surface area contributed by atoms with Crippen LogP contribution < -0.4 is 5.32 Å². The van der Waals surface area contributed by atoms with Gasteiger partial charge in [-0.15, -0.1) is 11.3 Å². The Hall–Kier alpha value is -1.36. The molecule has 1 aliphatic rings. The van der Waals surface area contributed by atoms with Crippen molar-refractivity contribution in [2.45, 2.75) is 45.6 Å². The predicted molar refractivity (Wildman–Crippen MR) is 74.7 cm³/mol. The summed E-state index contributed by atoms with van der Waals surface area (Å²) in [5.41, 5.74) is 1.27. The van der Waals surface area contributed by atoms with E-state index in [-0.39, 0.29) is 5.91 Å². The molecule has 0 saturated heterocycles. The van der Waals surface area contributed by atoms with Crippen molar-refractivity contribution in [1.29, 1.82) is 0 Å². The molecule has 1 amide bonds. The van der Waals surface area contributed by atoms with Gasteiger partial charge in [0.25, 0.3) is 5.91 Å². The van der Waals surface area contributed by atoms with Crippen molar-refractivity contribution >= 4 is 23.2 Å². The number of aryl methyl sites for hydroxylation is 1. The molecule has 0 bridgehead atoms. The first-order valence-corrected chi connectivity index (χ1v) is 7.48. The number of hydrogen-bond acceptors (Lipinski definition) is 3. The molecule has 5 heteroatoms. The van der Waals surface area contributed by atoms with E-state index in [4.69, 9.17) is 5.11 Å². The summed E-state index contributed by atoms with van der Waals surface area (Å²) in [6.45, 7) is 3.67. The fourth-order valence-electron chi connectivity index (χ4n) is 2.39. The molecular weight excluding hydrogens is 262 g/mol. The average Bonchev–Trinajstić information content (AvgIpc) is 2.81. The lowest BCUT2D eigenvalue weighted by Crippen LogP contribution is -2.37. The van der Waals surface area contributed by atoms with Crippen LogP contribution in [0.25, 0.3) is 0 Å². The van der Waals surface area contributed by atoms with Crippen molar-refractivity contribution in [3.8, 4) is 0 Å². The Morgan fingerprint density at radius 3 is 2.95 bits per heavy atom. The summed E-state index contributed by atoms with van der Waals surface area (Å²) in [5, 5.41) is 11.3. The number of thiophene rings is 1. The minimum atomic E-state index is -1.01. The zero-order chi connectivity index (χ0) is 14.0. The summed E-state index contributed by atoms with van der Waals surface area (Å²) in [6, 6.07) is 1.08. The maximum Gasteiger partial charge on any atom is 0.325 e. The number of carboxylic acids is 1. The Morgan fingerprint density at radius 1 is 1.58 bits per heavy atom. The maximum atomic E-state index is 12.0. The molecule has 0 saturated carbocycles. The quantitative estimate of drug-likeness (QED) is 0.891. The summed E-state index contributed by atoms with van der Waals surface area (Å²) >= 11 is 1.50. The van der Waals surface area contributed by atoms with Gasteiger partial charge in [-0.05, 0) is 43.7 Å². The lowest BCUT2D eigenvalue weighted by molar-refractivity contribution is -0.138. The van der Waals surface area contributed by atoms with E-state index in [0.29, 0.717) is 4.88 Å². The molecule has 0 spiro atoms. The highest BCUT2D eigenvalue weighted by Gasteiger charge is 2.23. The number of carbonyl (C=O) groups excluding carboxylic acids is 1. The van der Waals surface area contributed by atoms with E-state index in [1.807, 2.05) is 6.07 Å². The monoisotopic (exact) mass is 281 g/mol. The van der Waals surface area contributed by atoms with E-state index >= 15 is 0 Å². The molecule has 1 aliphatic carbocycles. The molecule has 1 heterocycles. The van der Waals surface area contributed by atoms with Crippen molar-refractivity contribution in [3.05, 3.63) is 21.4 Å². The zero-order valence-corrected chi connectivity index (χ0v) is 12.0. The normalized spacial score (nSPS) is 19.6. The van der Waals surface area contributed by atoms with Crippen LogP contribution in [0.4, 0.5) is 0 Å². The van der Waals surface area contributed by atoms with Crippen molar-refractivity contribution in [2.75, 3.05) is 0 Å². The number of rotatable bonds is 4. The Kier molecular flexibility index (Phi) is 4.24. The van der Waals surface area contributed by atoms with E-state index in [2.05, 4.69) is 12.2 Å². The fraction of sp³-hybridized carbons (Fsp3) is 0.571. The smallest absolute Gasteiger partial charge is 0.325 e. The fourth-order valence-corrected chi connectivity index (χ4v) is 3.50. The molecule has 2 unspecified atom stereocenters. The second-order valence-corrected chi connectivity index (χ2v) is 6.25. The molecule has 0 radical (unpaired) electrons. The van der Waals surface area contributed by atoms with E-state index in [1.165, 1.54) is 41.5 Å². The third-order valence-electron chi connectivity index (χ3n) is 3.70. The third kappa shape index (κ3) is 3.15. The van der Waals surface area contributed by atoms with Gasteiger partial charge in [-0.2, -0.15) is 0 Å². The summed E-state index contributed by atoms with van der Waals surface area (Å²) in [4.78, 5) is 24.6. The summed E-state index contributed by atoms with van der Waals surface area (Å²) in [7, 11) is 0. The van der Waals surface area contributed by atoms with E-state index in [9.17, 15) is 9.59 Å². The van der Waals surface area contributed by atoms with Gasteiger partial charge in [0, 0.05) is 4.88 Å². The molecule has 0 aliphatic heterocycles. The molecule has 2 atom stereocenters. The molecule has 0 fully saturated rings. The Bertz CT molecular complexity index is 495. The van der Waals surface area contributed by atoms with Crippen LogP contribution in [0.2, 0.25) is 0 Å². The predicted octanol–water partition coefficient (Wildman–Crippen LogP) is 2.47. The summed E-state index contributed by atoms with van der Waals surface area (Å²) < 4.78 is 0. The van der Waals surface area contributed by atoms with Crippen LogP contribution in [0.5, 0.6) is 0 Å². The average molecular weight is 281 g/mol. The van der Waals surface area contributed by atoms with Crippen LogP contribution >= 0.6 is 11.3 Å². The molecule has 2 N–H and O–H groups in total. The van der Waals surface area contributed by atoms with Gasteiger partial charge in [0.15, 0.2) is 0 Å². The number of carboxylic acid groups (broad SMARTS) is 1. The number of carbonyl (C=O) groups is 2. The molecule has 19 heavy (non-hydrogen) atoms. The number of amides is 1. The van der Waals surface area contributed by atoms with E-state index in [1.54, 1.807) is 0 Å². The molecule has 0 aromatic carbocycles. The molecular formula is C14H19NO3S. The first kappa shape index (κ1) is 14.1. The van der Waals surface area contributed by atoms with Gasteiger partial charge in [-0.3, -0.25) is 9.59 Å². The second-order valence-electron chi connectivity index (χ2n) is 5.11. The Labute approximate surface area is 116 Å². The van der Waals surface area contributed by atoms with Gasteiger partial charge in [-0.25, -0.2) is 0 Å².